The SMILES string of the molecule is CCNC(=NCCCc1nnc2ccccn12)NC1CCC(O)CC1. The number of pyridine rings is 1. The van der Waals surface area contributed by atoms with E-state index in [2.05, 4.69) is 32.7 Å². The van der Waals surface area contributed by atoms with E-state index in [1.807, 2.05) is 28.8 Å². The first-order valence-corrected chi connectivity index (χ1v) is 9.28. The third-order valence-electron chi connectivity index (χ3n) is 4.59. The number of aliphatic hydroxyl groups excluding tert-OH is 1. The standard InChI is InChI=1S/C18H28N6O/c1-2-19-18(21-14-8-10-15(25)11-9-14)20-12-5-7-17-23-22-16-6-3-4-13-24(16)17/h3-4,6,13-15,25H,2,5,7-12H2,1H3,(H2,19,20,21). The van der Waals surface area contributed by atoms with Gasteiger partial charge < -0.3 is 15.7 Å². The molecule has 3 rings (SSSR count). The second kappa shape index (κ2) is 8.80. The number of fused-ring (bicyclic) bond motifs is 1. The fourth-order valence-corrected chi connectivity index (χ4v) is 3.22. The average Bonchev–Trinajstić information content (AvgIpc) is 3.04. The maximum Gasteiger partial charge on any atom is 0.191 e. The third-order valence-corrected chi connectivity index (χ3v) is 4.59. The van der Waals surface area contributed by atoms with Crippen molar-refractivity contribution in [2.45, 2.75) is 57.6 Å². The molecule has 0 bridgehead atoms. The molecule has 0 aliphatic heterocycles. The fraction of sp³-hybridized carbons (Fsp3) is 0.611. The lowest BCUT2D eigenvalue weighted by Crippen LogP contribution is -2.45. The summed E-state index contributed by atoms with van der Waals surface area (Å²) >= 11 is 0. The van der Waals surface area contributed by atoms with Crippen molar-refractivity contribution in [1.29, 1.82) is 0 Å². The number of hydrogen-bond acceptors (Lipinski definition) is 4. The predicted molar refractivity (Wildman–Crippen MR) is 98.7 cm³/mol. The van der Waals surface area contributed by atoms with Crippen molar-refractivity contribution in [3.05, 3.63) is 30.2 Å². The van der Waals surface area contributed by atoms with Crippen LogP contribution in [-0.4, -0.2) is 50.9 Å². The van der Waals surface area contributed by atoms with Crippen LogP contribution in [0.1, 0.15) is 44.9 Å². The van der Waals surface area contributed by atoms with Gasteiger partial charge in [0.2, 0.25) is 0 Å². The van der Waals surface area contributed by atoms with Crippen LogP contribution in [0.3, 0.4) is 0 Å². The number of aliphatic hydroxyl groups is 1. The van der Waals surface area contributed by atoms with E-state index in [0.717, 1.165) is 69.0 Å². The van der Waals surface area contributed by atoms with Crippen LogP contribution in [-0.2, 0) is 6.42 Å². The summed E-state index contributed by atoms with van der Waals surface area (Å²) in [6, 6.07) is 6.33. The molecule has 3 N–H and O–H groups in total. The number of aryl methyl sites for hydroxylation is 1. The summed E-state index contributed by atoms with van der Waals surface area (Å²) in [6.07, 6.45) is 7.38. The Labute approximate surface area is 148 Å². The van der Waals surface area contributed by atoms with Crippen molar-refractivity contribution < 1.29 is 5.11 Å². The molecule has 1 aliphatic carbocycles. The lowest BCUT2D eigenvalue weighted by molar-refractivity contribution is 0.120. The van der Waals surface area contributed by atoms with Gasteiger partial charge in [0.15, 0.2) is 11.6 Å². The minimum absolute atomic E-state index is 0.129. The average molecular weight is 344 g/mol. The molecule has 2 aromatic rings. The maximum atomic E-state index is 9.62. The van der Waals surface area contributed by atoms with Gasteiger partial charge in [0, 0.05) is 31.7 Å². The van der Waals surface area contributed by atoms with Gasteiger partial charge in [0.1, 0.15) is 5.82 Å². The van der Waals surface area contributed by atoms with Crippen LogP contribution >= 0.6 is 0 Å². The van der Waals surface area contributed by atoms with Crippen molar-refractivity contribution in [2.75, 3.05) is 13.1 Å². The summed E-state index contributed by atoms with van der Waals surface area (Å²) < 4.78 is 2.03. The van der Waals surface area contributed by atoms with Gasteiger partial charge in [-0.3, -0.25) is 9.39 Å². The van der Waals surface area contributed by atoms with Gasteiger partial charge >= 0.3 is 0 Å². The summed E-state index contributed by atoms with van der Waals surface area (Å²) in [5, 5.41) is 24.9. The Hall–Kier alpha value is -2.15. The quantitative estimate of drug-likeness (QED) is 0.420. The zero-order valence-corrected chi connectivity index (χ0v) is 14.9. The molecule has 1 aliphatic rings. The molecule has 7 heteroatoms. The van der Waals surface area contributed by atoms with E-state index in [4.69, 9.17) is 0 Å². The minimum atomic E-state index is -0.129. The van der Waals surface area contributed by atoms with Gasteiger partial charge in [-0.05, 0) is 51.2 Å². The third kappa shape index (κ3) is 4.92. The smallest absolute Gasteiger partial charge is 0.191 e. The summed E-state index contributed by atoms with van der Waals surface area (Å²) in [6.45, 7) is 3.66. The number of aromatic nitrogens is 3. The lowest BCUT2D eigenvalue weighted by Gasteiger charge is -2.27. The largest absolute Gasteiger partial charge is 0.393 e. The van der Waals surface area contributed by atoms with E-state index in [9.17, 15) is 5.11 Å². The first-order valence-electron chi connectivity index (χ1n) is 9.28. The van der Waals surface area contributed by atoms with Gasteiger partial charge in [0.25, 0.3) is 0 Å². The molecule has 25 heavy (non-hydrogen) atoms. The molecule has 0 radical (unpaired) electrons. The van der Waals surface area contributed by atoms with Crippen LogP contribution < -0.4 is 10.6 Å². The van der Waals surface area contributed by atoms with E-state index >= 15 is 0 Å². The highest BCUT2D eigenvalue weighted by Crippen LogP contribution is 2.18. The molecular weight excluding hydrogens is 316 g/mol. The van der Waals surface area contributed by atoms with Crippen LogP contribution in [0, 0.1) is 0 Å². The van der Waals surface area contributed by atoms with Gasteiger partial charge in [-0.25, -0.2) is 0 Å². The van der Waals surface area contributed by atoms with E-state index in [-0.39, 0.29) is 6.10 Å². The van der Waals surface area contributed by atoms with Crippen LogP contribution in [0.15, 0.2) is 29.4 Å². The molecule has 0 atom stereocenters. The Bertz CT molecular complexity index is 690. The van der Waals surface area contributed by atoms with Gasteiger partial charge in [-0.2, -0.15) is 0 Å². The van der Waals surface area contributed by atoms with Crippen molar-refractivity contribution in [2.24, 2.45) is 4.99 Å². The predicted octanol–water partition coefficient (Wildman–Crippen LogP) is 1.52. The Kier molecular flexibility index (Phi) is 6.22. The van der Waals surface area contributed by atoms with E-state index in [0.29, 0.717) is 6.04 Å². The molecule has 2 aromatic heterocycles. The van der Waals surface area contributed by atoms with Crippen LogP contribution in [0.25, 0.3) is 5.65 Å². The Balaban J connectivity index is 1.49. The van der Waals surface area contributed by atoms with Crippen LogP contribution in [0.4, 0.5) is 0 Å². The second-order valence-electron chi connectivity index (χ2n) is 6.56. The second-order valence-corrected chi connectivity index (χ2v) is 6.56. The van der Waals surface area contributed by atoms with Gasteiger partial charge in [0.05, 0.1) is 6.10 Å². The van der Waals surface area contributed by atoms with E-state index in [1.165, 1.54) is 0 Å². The number of aliphatic imine (C=N–C) groups is 1. The Morgan fingerprint density at radius 2 is 2.12 bits per heavy atom. The molecule has 1 fully saturated rings. The zero-order valence-electron chi connectivity index (χ0n) is 14.9. The Morgan fingerprint density at radius 3 is 2.92 bits per heavy atom. The zero-order chi connectivity index (χ0) is 17.5. The lowest BCUT2D eigenvalue weighted by atomic mass is 9.93. The Morgan fingerprint density at radius 1 is 1.28 bits per heavy atom. The van der Waals surface area contributed by atoms with Crippen LogP contribution in [0.5, 0.6) is 0 Å². The highest BCUT2D eigenvalue weighted by molar-refractivity contribution is 5.80. The van der Waals surface area contributed by atoms with Gasteiger partial charge in [-0.15, -0.1) is 10.2 Å². The monoisotopic (exact) mass is 344 g/mol. The summed E-state index contributed by atoms with van der Waals surface area (Å²) in [4.78, 5) is 4.68. The van der Waals surface area contributed by atoms with Crippen molar-refractivity contribution in [3.8, 4) is 0 Å². The first kappa shape index (κ1) is 17.7. The van der Waals surface area contributed by atoms with E-state index in [1.54, 1.807) is 0 Å². The van der Waals surface area contributed by atoms with Crippen molar-refractivity contribution >= 4 is 11.6 Å². The van der Waals surface area contributed by atoms with Crippen molar-refractivity contribution in [1.82, 2.24) is 25.2 Å². The number of rotatable bonds is 6. The fourth-order valence-electron chi connectivity index (χ4n) is 3.22. The molecule has 0 spiro atoms. The first-order chi connectivity index (χ1) is 12.3. The molecule has 7 nitrogen and oxygen atoms in total. The number of guanidine groups is 1. The molecule has 136 valence electrons. The summed E-state index contributed by atoms with van der Waals surface area (Å²) in [5.74, 6) is 1.85. The molecule has 0 amide bonds. The molecule has 1 saturated carbocycles. The normalized spacial score (nSPS) is 21.4. The number of nitrogens with zero attached hydrogens (tertiary/aromatic N) is 4. The molecule has 0 saturated heterocycles. The van der Waals surface area contributed by atoms with Gasteiger partial charge in [-0.1, -0.05) is 6.07 Å². The highest BCUT2D eigenvalue weighted by atomic mass is 16.3. The number of hydrogen-bond donors (Lipinski definition) is 3. The topological polar surface area (TPSA) is 86.8 Å². The molecule has 0 unspecified atom stereocenters. The molecule has 0 aromatic carbocycles. The highest BCUT2D eigenvalue weighted by Gasteiger charge is 2.19. The molecular formula is C18H28N6O. The molecule has 2 heterocycles. The minimum Gasteiger partial charge on any atom is -0.393 e. The van der Waals surface area contributed by atoms with E-state index < -0.39 is 0 Å². The summed E-state index contributed by atoms with van der Waals surface area (Å²) in [7, 11) is 0. The number of nitrogens with one attached hydrogen (secondary N) is 2. The maximum absolute atomic E-state index is 9.62. The van der Waals surface area contributed by atoms with Crippen molar-refractivity contribution in [3.63, 3.8) is 0 Å². The van der Waals surface area contributed by atoms with Crippen LogP contribution in [0.2, 0.25) is 0 Å². The summed E-state index contributed by atoms with van der Waals surface area (Å²) in [5.41, 5.74) is 0.885.